The quantitative estimate of drug-likeness (QED) is 0.277. The predicted molar refractivity (Wildman–Crippen MR) is 161 cm³/mol. The number of thioether (sulfide) groups is 1. The first-order chi connectivity index (χ1) is 21.0. The number of nitrogens with zero attached hydrogens (tertiary/aromatic N) is 1. The monoisotopic (exact) mass is 656 g/mol. The highest BCUT2D eigenvalue weighted by molar-refractivity contribution is 8.00. The van der Waals surface area contributed by atoms with E-state index >= 15 is 0 Å². The van der Waals surface area contributed by atoms with Crippen molar-refractivity contribution in [2.75, 3.05) is 19.0 Å². The van der Waals surface area contributed by atoms with Crippen molar-refractivity contribution in [3.63, 3.8) is 0 Å². The number of phenolic OH excluding ortho intramolecular Hbond substituents is 1. The lowest BCUT2D eigenvalue weighted by Gasteiger charge is -2.43. The van der Waals surface area contributed by atoms with Crippen molar-refractivity contribution in [3.05, 3.63) is 62.6 Å². The first-order valence-electron chi connectivity index (χ1n) is 14.0. The molecule has 3 amide bonds. The molecule has 2 aliphatic carbocycles. The van der Waals surface area contributed by atoms with E-state index in [4.69, 9.17) is 9.88 Å². The van der Waals surface area contributed by atoms with Gasteiger partial charge in [-0.25, -0.2) is 13.6 Å². The van der Waals surface area contributed by atoms with Crippen LogP contribution in [0.25, 0.3) is 0 Å². The highest BCUT2D eigenvalue weighted by Crippen LogP contribution is 2.68. The predicted octanol–water partition coefficient (Wildman–Crippen LogP) is 2.30. The molecule has 7 atom stereocenters. The van der Waals surface area contributed by atoms with Gasteiger partial charge >= 0.3 is 4.87 Å². The highest BCUT2D eigenvalue weighted by atomic mass is 32.2. The van der Waals surface area contributed by atoms with Crippen LogP contribution < -0.4 is 20.1 Å². The summed E-state index contributed by atoms with van der Waals surface area (Å²) in [6.45, 7) is -0.0626. The topological polar surface area (TPSA) is 189 Å². The Kier molecular flexibility index (Phi) is 6.91. The van der Waals surface area contributed by atoms with Gasteiger partial charge in [-0.1, -0.05) is 17.4 Å². The van der Waals surface area contributed by atoms with Crippen molar-refractivity contribution < 1.29 is 32.6 Å². The number of fused-ring (bicyclic) bond motifs is 9. The summed E-state index contributed by atoms with van der Waals surface area (Å²) in [7, 11) is -2.39. The van der Waals surface area contributed by atoms with Crippen LogP contribution in [0, 0.1) is 29.6 Å². The summed E-state index contributed by atoms with van der Waals surface area (Å²) in [4.78, 5) is 57.4. The number of nitrogens with one attached hydrogen (secondary N) is 2. The zero-order valence-electron chi connectivity index (χ0n) is 23.3. The number of imide groups is 1. The van der Waals surface area contributed by atoms with E-state index in [1.807, 2.05) is 6.07 Å². The number of rotatable bonds is 7. The summed E-state index contributed by atoms with van der Waals surface area (Å²) >= 11 is 2.73. The number of sulfonamides is 1. The van der Waals surface area contributed by atoms with Crippen molar-refractivity contribution >= 4 is 56.5 Å². The number of anilines is 1. The van der Waals surface area contributed by atoms with Crippen LogP contribution in [0.4, 0.5) is 5.69 Å². The maximum atomic E-state index is 13.8. The minimum atomic E-state index is -3.87. The van der Waals surface area contributed by atoms with Gasteiger partial charge in [-0.05, 0) is 66.1 Å². The summed E-state index contributed by atoms with van der Waals surface area (Å²) in [6, 6.07) is 10.6. The second-order valence-electron chi connectivity index (χ2n) is 11.6. The van der Waals surface area contributed by atoms with Crippen LogP contribution in [0.5, 0.6) is 11.5 Å². The number of primary sulfonamides is 1. The Hall–Kier alpha value is -3.66. The number of nitrogens with two attached hydrogens (primary N) is 1. The summed E-state index contributed by atoms with van der Waals surface area (Å²) in [6.07, 6.45) is 0.613. The van der Waals surface area contributed by atoms with Crippen molar-refractivity contribution in [3.8, 4) is 11.5 Å². The van der Waals surface area contributed by atoms with Gasteiger partial charge in [0.25, 0.3) is 0 Å². The first-order valence-corrected chi connectivity index (χ1v) is 17.2. The number of likely N-dealkylation sites (tertiary alicyclic amines) is 1. The molecule has 2 aromatic carbocycles. The molecular formula is C29H28N4O8S3. The lowest BCUT2D eigenvalue weighted by atomic mass is 9.68. The molecule has 230 valence electrons. The lowest BCUT2D eigenvalue weighted by Crippen LogP contribution is -2.42. The number of hydrogen-bond donors (Lipinski definition) is 4. The number of carbonyl (C=O) groups excluding carboxylic acids is 3. The molecule has 2 saturated carbocycles. The summed E-state index contributed by atoms with van der Waals surface area (Å²) in [5.41, 5.74) is 1.23. The fraction of sp³-hybridized carbons (Fsp3) is 0.379. The standard InChI is InChI=1S/C29H28N4O8S3/c1-41-18-10-12(2-7-17(18)34)20-21-15-11-16(24(21)42-26-25(20)43-29(38)32-26)23-22(15)27(36)33(28(23)37)9-8-19(35)31-13-3-5-14(6-4-13)44(30,39)40/h2-7,10,15-16,20-24,34H,8-9,11H2,1H3,(H,31,35)(H,32,38)(H2,30,39,40). The van der Waals surface area contributed by atoms with Crippen molar-refractivity contribution in [1.82, 2.24) is 9.88 Å². The Morgan fingerprint density at radius 3 is 2.50 bits per heavy atom. The second kappa shape index (κ2) is 10.5. The Labute approximate surface area is 260 Å². The Balaban J connectivity index is 1.11. The van der Waals surface area contributed by atoms with Gasteiger partial charge in [0.1, 0.15) is 0 Å². The average Bonchev–Trinajstić information content (AvgIpc) is 3.71. The number of aromatic nitrogens is 1. The first kappa shape index (κ1) is 29.1. The molecule has 12 nitrogen and oxygen atoms in total. The molecule has 0 spiro atoms. The number of aromatic hydroxyl groups is 1. The Bertz CT molecular complexity index is 1870. The lowest BCUT2D eigenvalue weighted by molar-refractivity contribution is -0.141. The van der Waals surface area contributed by atoms with E-state index in [1.54, 1.807) is 23.9 Å². The summed E-state index contributed by atoms with van der Waals surface area (Å²) in [5, 5.41) is 18.8. The Morgan fingerprint density at radius 1 is 1.11 bits per heavy atom. The number of amides is 3. The van der Waals surface area contributed by atoms with Crippen LogP contribution in [0.2, 0.25) is 0 Å². The van der Waals surface area contributed by atoms with Gasteiger partial charge in [0, 0.05) is 34.7 Å². The molecule has 0 radical (unpaired) electrons. The van der Waals surface area contributed by atoms with Gasteiger partial charge in [0.2, 0.25) is 27.7 Å². The number of carbonyl (C=O) groups is 3. The molecule has 3 fully saturated rings. The molecule has 44 heavy (non-hydrogen) atoms. The zero-order chi connectivity index (χ0) is 31.1. The molecule has 4 aliphatic rings. The molecule has 2 aliphatic heterocycles. The third-order valence-corrected chi connectivity index (χ3v) is 12.9. The van der Waals surface area contributed by atoms with E-state index < -0.39 is 27.8 Å². The van der Waals surface area contributed by atoms with Crippen molar-refractivity contribution in [2.24, 2.45) is 34.7 Å². The number of ether oxygens (including phenoxy) is 1. The van der Waals surface area contributed by atoms with Gasteiger partial charge in [0.15, 0.2) is 11.5 Å². The third kappa shape index (κ3) is 4.55. The number of hydrogen-bond acceptors (Lipinski definition) is 10. The maximum Gasteiger partial charge on any atom is 0.305 e. The molecule has 7 unspecified atom stereocenters. The van der Waals surface area contributed by atoms with E-state index in [9.17, 15) is 32.7 Å². The molecule has 2 bridgehead atoms. The minimum Gasteiger partial charge on any atom is -0.504 e. The highest BCUT2D eigenvalue weighted by Gasteiger charge is 2.69. The second-order valence-corrected chi connectivity index (χ2v) is 15.4. The number of phenols is 1. The molecule has 1 saturated heterocycles. The van der Waals surface area contributed by atoms with Gasteiger partial charge in [-0.3, -0.25) is 24.1 Å². The van der Waals surface area contributed by atoms with Crippen LogP contribution in [-0.4, -0.2) is 60.0 Å². The average molecular weight is 657 g/mol. The SMILES string of the molecule is COc1cc(C2c3sc(=O)[nH]c3SC3C4CC(C5C(=O)N(CCC(=O)Nc6ccc(S(N)(=O)=O)cc6)C(=O)C45)C23)ccc1O. The van der Waals surface area contributed by atoms with E-state index in [-0.39, 0.29) is 69.2 Å². The number of benzene rings is 2. The summed E-state index contributed by atoms with van der Waals surface area (Å²) < 4.78 is 28.3. The van der Waals surface area contributed by atoms with Gasteiger partial charge in [-0.15, -0.1) is 11.8 Å². The molecular weight excluding hydrogens is 629 g/mol. The summed E-state index contributed by atoms with van der Waals surface area (Å²) in [5.74, 6) is -1.98. The fourth-order valence-corrected chi connectivity index (χ4v) is 11.1. The molecule has 3 heterocycles. The van der Waals surface area contributed by atoms with Gasteiger partial charge in [0.05, 0.1) is 28.9 Å². The Morgan fingerprint density at radius 2 is 1.82 bits per heavy atom. The minimum absolute atomic E-state index is 0.00380. The molecule has 3 aromatic rings. The van der Waals surface area contributed by atoms with Crippen LogP contribution >= 0.6 is 23.1 Å². The van der Waals surface area contributed by atoms with E-state index in [0.29, 0.717) is 11.4 Å². The fourth-order valence-electron chi connectivity index (χ4n) is 7.72. The smallest absolute Gasteiger partial charge is 0.305 e. The number of thiazole rings is 1. The number of methoxy groups -OCH3 is 1. The van der Waals surface area contributed by atoms with Gasteiger partial charge in [-0.2, -0.15) is 0 Å². The third-order valence-electron chi connectivity index (χ3n) is 9.41. The molecule has 15 heteroatoms. The van der Waals surface area contributed by atoms with Crippen molar-refractivity contribution in [1.29, 1.82) is 0 Å². The van der Waals surface area contributed by atoms with Crippen LogP contribution in [0.3, 0.4) is 0 Å². The van der Waals surface area contributed by atoms with E-state index in [1.165, 1.54) is 36.3 Å². The van der Waals surface area contributed by atoms with E-state index in [2.05, 4.69) is 10.3 Å². The van der Waals surface area contributed by atoms with Gasteiger partial charge < -0.3 is 20.1 Å². The molecule has 1 aromatic heterocycles. The maximum absolute atomic E-state index is 13.8. The zero-order valence-corrected chi connectivity index (χ0v) is 25.7. The van der Waals surface area contributed by atoms with E-state index in [0.717, 1.165) is 33.2 Å². The normalized spacial score (nSPS) is 28.5. The van der Waals surface area contributed by atoms with Crippen molar-refractivity contribution in [2.45, 2.75) is 33.9 Å². The number of aromatic amines is 1. The van der Waals surface area contributed by atoms with Crippen LogP contribution in [0.1, 0.15) is 29.2 Å². The van der Waals surface area contributed by atoms with Crippen LogP contribution in [-0.2, 0) is 24.4 Å². The molecule has 7 rings (SSSR count). The molecule has 5 N–H and O–H groups in total. The largest absolute Gasteiger partial charge is 0.504 e. The number of H-pyrrole nitrogens is 1. The van der Waals surface area contributed by atoms with Crippen LogP contribution in [0.15, 0.2) is 57.2 Å².